The Bertz CT molecular complexity index is 197. The molecule has 0 aromatic rings. The predicted octanol–water partition coefficient (Wildman–Crippen LogP) is 5.27. The molecule has 0 aliphatic heterocycles. The van der Waals surface area contributed by atoms with E-state index in [2.05, 4.69) is 32.6 Å². The van der Waals surface area contributed by atoms with E-state index in [1.807, 2.05) is 0 Å². The zero-order valence-corrected chi connectivity index (χ0v) is 13.0. The number of hydrogen-bond donors (Lipinski definition) is 0. The molecule has 0 unspecified atom stereocenters. The van der Waals surface area contributed by atoms with Crippen LogP contribution in [0.4, 0.5) is 0 Å². The summed E-state index contributed by atoms with van der Waals surface area (Å²) in [6.45, 7) is 9.12. The molecule has 0 heterocycles. The molecular formula is C11H23BCl2Si. The summed E-state index contributed by atoms with van der Waals surface area (Å²) in [5.74, 6) is 0. The van der Waals surface area contributed by atoms with E-state index < -0.39 is 8.07 Å². The molecule has 0 nitrogen and oxygen atoms in total. The highest BCUT2D eigenvalue weighted by Crippen LogP contribution is 2.23. The topological polar surface area (TPSA) is 0 Å². The maximum absolute atomic E-state index is 6.00. The van der Waals surface area contributed by atoms with Crippen LogP contribution in [0.25, 0.3) is 0 Å². The lowest BCUT2D eigenvalue weighted by atomic mass is 10.0. The molecule has 88 valence electrons. The SMILES string of the molecule is CCCCCC/C=C(/B(Cl)Cl)[Si](C)(C)C. The van der Waals surface area contributed by atoms with Crippen molar-refractivity contribution in [2.45, 2.75) is 58.7 Å². The third-order valence-corrected chi connectivity index (χ3v) is 5.58. The van der Waals surface area contributed by atoms with Crippen LogP contribution in [0.15, 0.2) is 11.2 Å². The van der Waals surface area contributed by atoms with Gasteiger partial charge in [-0.3, -0.25) is 0 Å². The van der Waals surface area contributed by atoms with Crippen LogP contribution in [0.3, 0.4) is 0 Å². The smallest absolute Gasteiger partial charge is 0.165 e. The van der Waals surface area contributed by atoms with Gasteiger partial charge in [-0.15, -0.1) is 0 Å². The monoisotopic (exact) mass is 264 g/mol. The first-order chi connectivity index (χ1) is 6.89. The number of halogens is 2. The van der Waals surface area contributed by atoms with Crippen LogP contribution in [0.5, 0.6) is 0 Å². The summed E-state index contributed by atoms with van der Waals surface area (Å²) in [6, 6.07) is 0. The Morgan fingerprint density at radius 1 is 1.13 bits per heavy atom. The Balaban J connectivity index is 4.09. The second-order valence-electron chi connectivity index (χ2n) is 5.06. The minimum Gasteiger partial charge on any atom is -0.165 e. The van der Waals surface area contributed by atoms with E-state index in [-0.39, 0.29) is 5.54 Å². The maximum Gasteiger partial charge on any atom is 0.374 e. The summed E-state index contributed by atoms with van der Waals surface area (Å²) in [5, 5.41) is 1.29. The molecule has 0 amide bonds. The molecule has 0 rings (SSSR count). The quantitative estimate of drug-likeness (QED) is 0.434. The van der Waals surface area contributed by atoms with Crippen molar-refractivity contribution in [2.75, 3.05) is 0 Å². The van der Waals surface area contributed by atoms with Crippen LogP contribution in [0, 0.1) is 0 Å². The molecule has 0 aromatic heterocycles. The van der Waals surface area contributed by atoms with Gasteiger partial charge in [0.25, 0.3) is 0 Å². The number of hydrogen-bond acceptors (Lipinski definition) is 0. The van der Waals surface area contributed by atoms with E-state index >= 15 is 0 Å². The van der Waals surface area contributed by atoms with E-state index in [9.17, 15) is 0 Å². The third-order valence-electron chi connectivity index (χ3n) is 2.52. The first-order valence-corrected chi connectivity index (χ1v) is 10.3. The van der Waals surface area contributed by atoms with Crippen molar-refractivity contribution in [1.29, 1.82) is 0 Å². The Morgan fingerprint density at radius 2 is 1.73 bits per heavy atom. The van der Waals surface area contributed by atoms with Crippen LogP contribution >= 0.6 is 22.9 Å². The van der Waals surface area contributed by atoms with E-state index in [4.69, 9.17) is 22.9 Å². The van der Waals surface area contributed by atoms with Gasteiger partial charge in [0.05, 0.1) is 8.07 Å². The van der Waals surface area contributed by atoms with Crippen molar-refractivity contribution < 1.29 is 0 Å². The minimum absolute atomic E-state index is 0.303. The van der Waals surface area contributed by atoms with Crippen LogP contribution in [-0.2, 0) is 0 Å². The number of rotatable bonds is 7. The van der Waals surface area contributed by atoms with Crippen LogP contribution in [0.1, 0.15) is 39.0 Å². The third kappa shape index (κ3) is 7.48. The predicted molar refractivity (Wildman–Crippen MR) is 77.6 cm³/mol. The normalized spacial score (nSPS) is 13.1. The summed E-state index contributed by atoms with van der Waals surface area (Å²) < 4.78 is 0. The summed E-state index contributed by atoms with van der Waals surface area (Å²) in [5.41, 5.74) is -0.303. The Labute approximate surface area is 106 Å². The average Bonchev–Trinajstić information content (AvgIpc) is 2.08. The first kappa shape index (κ1) is 15.6. The maximum atomic E-state index is 6.00. The molecule has 0 spiro atoms. The molecular weight excluding hydrogens is 242 g/mol. The van der Waals surface area contributed by atoms with E-state index in [0.717, 1.165) is 6.42 Å². The van der Waals surface area contributed by atoms with E-state index in [0.29, 0.717) is 0 Å². The molecule has 0 fully saturated rings. The highest BCUT2D eigenvalue weighted by molar-refractivity contribution is 7.41. The summed E-state index contributed by atoms with van der Waals surface area (Å²) in [6.07, 6.45) is 8.63. The van der Waals surface area contributed by atoms with Crippen molar-refractivity contribution >= 4 is 36.5 Å². The lowest BCUT2D eigenvalue weighted by Gasteiger charge is -2.20. The number of allylic oxidation sites excluding steroid dienone is 1. The average molecular weight is 265 g/mol. The minimum atomic E-state index is -1.32. The van der Waals surface area contributed by atoms with Crippen molar-refractivity contribution in [2.24, 2.45) is 0 Å². The number of unbranched alkanes of at least 4 members (excludes halogenated alkanes) is 4. The Morgan fingerprint density at radius 3 is 2.13 bits per heavy atom. The van der Waals surface area contributed by atoms with Gasteiger partial charge in [-0.1, -0.05) is 57.0 Å². The van der Waals surface area contributed by atoms with Gasteiger partial charge in [0.1, 0.15) is 0 Å². The van der Waals surface area contributed by atoms with Crippen LogP contribution < -0.4 is 0 Å². The van der Waals surface area contributed by atoms with Crippen LogP contribution in [-0.4, -0.2) is 13.6 Å². The highest BCUT2D eigenvalue weighted by atomic mass is 35.5. The van der Waals surface area contributed by atoms with E-state index in [1.165, 1.54) is 30.8 Å². The summed E-state index contributed by atoms with van der Waals surface area (Å²) in [7, 11) is -1.32. The first-order valence-electron chi connectivity index (χ1n) is 5.88. The second kappa shape index (κ2) is 7.81. The molecule has 0 N–H and O–H groups in total. The van der Waals surface area contributed by atoms with Crippen molar-refractivity contribution in [1.82, 2.24) is 0 Å². The van der Waals surface area contributed by atoms with Gasteiger partial charge in [-0.25, -0.2) is 0 Å². The largest absolute Gasteiger partial charge is 0.374 e. The molecule has 4 heteroatoms. The highest BCUT2D eigenvalue weighted by Gasteiger charge is 2.26. The summed E-state index contributed by atoms with van der Waals surface area (Å²) in [4.78, 5) is 0. The molecule has 0 atom stereocenters. The van der Waals surface area contributed by atoms with Gasteiger partial charge in [0, 0.05) is 0 Å². The zero-order chi connectivity index (χ0) is 11.9. The molecule has 0 aromatic carbocycles. The molecule has 0 saturated carbocycles. The molecule has 0 saturated heterocycles. The lowest BCUT2D eigenvalue weighted by molar-refractivity contribution is 0.674. The van der Waals surface area contributed by atoms with Crippen molar-refractivity contribution in [3.8, 4) is 0 Å². The van der Waals surface area contributed by atoms with Gasteiger partial charge >= 0.3 is 5.54 Å². The molecule has 15 heavy (non-hydrogen) atoms. The molecule has 0 aliphatic rings. The van der Waals surface area contributed by atoms with Crippen molar-refractivity contribution in [3.05, 3.63) is 11.2 Å². The van der Waals surface area contributed by atoms with Crippen molar-refractivity contribution in [3.63, 3.8) is 0 Å². The fraction of sp³-hybridized carbons (Fsp3) is 0.818. The Hall–Kier alpha value is 0.602. The molecule has 0 aliphatic carbocycles. The van der Waals surface area contributed by atoms with Crippen LogP contribution in [0.2, 0.25) is 19.6 Å². The second-order valence-corrected chi connectivity index (χ2v) is 11.2. The lowest BCUT2D eigenvalue weighted by Crippen LogP contribution is -2.29. The van der Waals surface area contributed by atoms with Gasteiger partial charge in [0.15, 0.2) is 0 Å². The molecule has 0 radical (unpaired) electrons. The van der Waals surface area contributed by atoms with Gasteiger partial charge in [-0.2, -0.15) is 22.9 Å². The van der Waals surface area contributed by atoms with Gasteiger partial charge in [0.2, 0.25) is 0 Å². The fourth-order valence-electron chi connectivity index (χ4n) is 1.55. The van der Waals surface area contributed by atoms with Gasteiger partial charge < -0.3 is 0 Å². The van der Waals surface area contributed by atoms with E-state index in [1.54, 1.807) is 0 Å². The summed E-state index contributed by atoms with van der Waals surface area (Å²) >= 11 is 12.0. The standard InChI is InChI=1S/C11H23BCl2Si/c1-5-6-7-8-9-10-11(12(13)14)15(2,3)4/h10H,5-9H2,1-4H3/b11-10-. The fourth-order valence-corrected chi connectivity index (χ4v) is 5.10. The molecule has 0 bridgehead atoms. The van der Waals surface area contributed by atoms with Gasteiger partial charge in [-0.05, 0) is 12.8 Å². The zero-order valence-electron chi connectivity index (χ0n) is 10.4. The Kier molecular flexibility index (Phi) is 8.12.